The maximum absolute atomic E-state index is 11.2. The summed E-state index contributed by atoms with van der Waals surface area (Å²) in [7, 11) is 0. The van der Waals surface area contributed by atoms with Gasteiger partial charge in [-0.05, 0) is 41.8 Å². The van der Waals surface area contributed by atoms with E-state index in [9.17, 15) is 4.79 Å². The van der Waals surface area contributed by atoms with Gasteiger partial charge in [-0.25, -0.2) is 0 Å². The number of hydrogen-bond acceptors (Lipinski definition) is 2. The maximum Gasteiger partial charge on any atom is 0.219 e. The Kier molecular flexibility index (Phi) is 4.49. The van der Waals surface area contributed by atoms with E-state index >= 15 is 0 Å². The molecule has 1 aliphatic heterocycles. The third-order valence-electron chi connectivity index (χ3n) is 3.62. The summed E-state index contributed by atoms with van der Waals surface area (Å²) < 4.78 is 7.18. The third-order valence-corrected chi connectivity index (χ3v) is 4.69. The minimum Gasteiger partial charge on any atom is -0.489 e. The lowest BCUT2D eigenvalue weighted by atomic mass is 10.0. The molecule has 18 heavy (non-hydrogen) atoms. The number of piperidine rings is 1. The monoisotopic (exact) mass is 313 g/mol. The van der Waals surface area contributed by atoms with E-state index in [0.29, 0.717) is 0 Å². The molecule has 1 amide bonds. The Balaban J connectivity index is 1.89. The van der Waals surface area contributed by atoms with Crippen LogP contribution in [0.25, 0.3) is 0 Å². The number of amides is 1. The molecule has 0 aromatic rings. The topological polar surface area (TPSA) is 29.5 Å². The lowest BCUT2D eigenvalue weighted by Crippen LogP contribution is -2.39. The van der Waals surface area contributed by atoms with Crippen LogP contribution in [-0.4, -0.2) is 30.0 Å². The van der Waals surface area contributed by atoms with Crippen LogP contribution in [-0.2, 0) is 9.53 Å². The van der Waals surface area contributed by atoms with Gasteiger partial charge in [0.05, 0.1) is 4.48 Å². The Morgan fingerprint density at radius 3 is 2.72 bits per heavy atom. The average molecular weight is 314 g/mol. The molecule has 1 aliphatic carbocycles. The van der Waals surface area contributed by atoms with E-state index in [-0.39, 0.29) is 12.0 Å². The summed E-state index contributed by atoms with van der Waals surface area (Å²) in [5.74, 6) is 1.15. The SMILES string of the molecule is CC(=O)N1CCC(OC2=CCCC(C)=C2Br)CC1. The molecule has 0 saturated carbocycles. The Bertz CT molecular complexity index is 393. The molecule has 0 radical (unpaired) electrons. The summed E-state index contributed by atoms with van der Waals surface area (Å²) in [4.78, 5) is 13.1. The number of carbonyl (C=O) groups excluding carboxylic acids is 1. The Morgan fingerprint density at radius 1 is 1.44 bits per heavy atom. The van der Waals surface area contributed by atoms with Gasteiger partial charge in [0, 0.05) is 32.9 Å². The number of hydrogen-bond donors (Lipinski definition) is 0. The van der Waals surface area contributed by atoms with Crippen molar-refractivity contribution in [2.24, 2.45) is 0 Å². The van der Waals surface area contributed by atoms with Crippen molar-refractivity contribution in [3.8, 4) is 0 Å². The van der Waals surface area contributed by atoms with E-state index in [0.717, 1.165) is 49.0 Å². The second-order valence-corrected chi connectivity index (χ2v) is 5.82. The highest BCUT2D eigenvalue weighted by Crippen LogP contribution is 2.32. The van der Waals surface area contributed by atoms with Crippen LogP contribution < -0.4 is 0 Å². The molecule has 100 valence electrons. The van der Waals surface area contributed by atoms with Gasteiger partial charge in [0.25, 0.3) is 0 Å². The van der Waals surface area contributed by atoms with Gasteiger partial charge in [-0.3, -0.25) is 4.79 Å². The molecule has 0 bridgehead atoms. The Morgan fingerprint density at radius 2 is 2.11 bits per heavy atom. The number of nitrogens with zero attached hydrogens (tertiary/aromatic N) is 1. The van der Waals surface area contributed by atoms with Crippen LogP contribution in [0.5, 0.6) is 0 Å². The molecule has 0 spiro atoms. The summed E-state index contributed by atoms with van der Waals surface area (Å²) in [5.41, 5.74) is 1.36. The minimum absolute atomic E-state index is 0.169. The number of rotatable bonds is 2. The zero-order valence-corrected chi connectivity index (χ0v) is 12.6. The van der Waals surface area contributed by atoms with Crippen molar-refractivity contribution in [3.63, 3.8) is 0 Å². The predicted molar refractivity (Wildman–Crippen MR) is 75.3 cm³/mol. The molecule has 4 heteroatoms. The van der Waals surface area contributed by atoms with Gasteiger partial charge in [-0.1, -0.05) is 5.57 Å². The fourth-order valence-electron chi connectivity index (χ4n) is 2.40. The molecule has 1 saturated heterocycles. The van der Waals surface area contributed by atoms with Gasteiger partial charge in [-0.15, -0.1) is 0 Å². The molecule has 0 atom stereocenters. The Labute approximate surface area is 117 Å². The van der Waals surface area contributed by atoms with Crippen molar-refractivity contribution >= 4 is 21.8 Å². The van der Waals surface area contributed by atoms with E-state index in [1.54, 1.807) is 6.92 Å². The van der Waals surface area contributed by atoms with Crippen LogP contribution in [0.4, 0.5) is 0 Å². The van der Waals surface area contributed by atoms with E-state index in [1.165, 1.54) is 5.57 Å². The summed E-state index contributed by atoms with van der Waals surface area (Å²) in [6.07, 6.45) is 6.42. The van der Waals surface area contributed by atoms with Gasteiger partial charge in [-0.2, -0.15) is 0 Å². The molecule has 3 nitrogen and oxygen atoms in total. The van der Waals surface area contributed by atoms with Crippen molar-refractivity contribution in [3.05, 3.63) is 21.9 Å². The fraction of sp³-hybridized carbons (Fsp3) is 0.643. The molecule has 2 aliphatic rings. The van der Waals surface area contributed by atoms with Crippen molar-refractivity contribution < 1.29 is 9.53 Å². The number of allylic oxidation sites excluding steroid dienone is 3. The van der Waals surface area contributed by atoms with E-state index in [4.69, 9.17) is 4.74 Å². The lowest BCUT2D eigenvalue weighted by Gasteiger charge is -2.32. The summed E-state index contributed by atoms with van der Waals surface area (Å²) in [6, 6.07) is 0. The zero-order chi connectivity index (χ0) is 13.1. The second kappa shape index (κ2) is 5.91. The van der Waals surface area contributed by atoms with Gasteiger partial charge in [0.1, 0.15) is 11.9 Å². The highest BCUT2D eigenvalue weighted by molar-refractivity contribution is 9.12. The van der Waals surface area contributed by atoms with Crippen molar-refractivity contribution in [2.75, 3.05) is 13.1 Å². The van der Waals surface area contributed by atoms with Crippen LogP contribution >= 0.6 is 15.9 Å². The molecule has 2 rings (SSSR count). The smallest absolute Gasteiger partial charge is 0.219 e. The van der Waals surface area contributed by atoms with Crippen molar-refractivity contribution in [2.45, 2.75) is 45.6 Å². The highest BCUT2D eigenvalue weighted by Gasteiger charge is 2.23. The molecule has 1 fully saturated rings. The first-order valence-corrected chi connectivity index (χ1v) is 7.35. The standard InChI is InChI=1S/C14H20BrNO2/c1-10-4-3-5-13(14(10)15)18-12-6-8-16(9-7-12)11(2)17/h5,12H,3-4,6-9H2,1-2H3. The van der Waals surface area contributed by atoms with Crippen molar-refractivity contribution in [1.29, 1.82) is 0 Å². The quantitative estimate of drug-likeness (QED) is 0.782. The fourth-order valence-corrected chi connectivity index (χ4v) is 2.85. The molecule has 0 aromatic heterocycles. The first kappa shape index (κ1) is 13.7. The third kappa shape index (κ3) is 3.16. The second-order valence-electron chi connectivity index (χ2n) is 5.02. The summed E-state index contributed by atoms with van der Waals surface area (Å²) in [5, 5.41) is 0. The van der Waals surface area contributed by atoms with Crippen LogP contribution in [0.1, 0.15) is 39.5 Å². The first-order valence-electron chi connectivity index (χ1n) is 6.56. The number of halogens is 1. The largest absolute Gasteiger partial charge is 0.489 e. The molecule has 0 unspecified atom stereocenters. The lowest BCUT2D eigenvalue weighted by molar-refractivity contribution is -0.130. The molecule has 1 heterocycles. The normalized spacial score (nSPS) is 21.9. The molecule has 0 N–H and O–H groups in total. The molecular weight excluding hydrogens is 294 g/mol. The predicted octanol–water partition coefficient (Wildman–Crippen LogP) is 3.36. The van der Waals surface area contributed by atoms with Gasteiger partial charge >= 0.3 is 0 Å². The van der Waals surface area contributed by atoms with Crippen LogP contribution in [0.3, 0.4) is 0 Å². The Hall–Kier alpha value is -0.770. The van der Waals surface area contributed by atoms with Crippen molar-refractivity contribution in [1.82, 2.24) is 4.90 Å². The summed E-state index contributed by atoms with van der Waals surface area (Å²) in [6.45, 7) is 5.40. The number of carbonyl (C=O) groups is 1. The van der Waals surface area contributed by atoms with E-state index in [1.807, 2.05) is 4.90 Å². The minimum atomic E-state index is 0.169. The highest BCUT2D eigenvalue weighted by atomic mass is 79.9. The van der Waals surface area contributed by atoms with Gasteiger partial charge < -0.3 is 9.64 Å². The number of likely N-dealkylation sites (tertiary alicyclic amines) is 1. The molecular formula is C14H20BrNO2. The van der Waals surface area contributed by atoms with Gasteiger partial charge in [0.15, 0.2) is 0 Å². The van der Waals surface area contributed by atoms with Crippen LogP contribution in [0.15, 0.2) is 21.9 Å². The van der Waals surface area contributed by atoms with Crippen LogP contribution in [0.2, 0.25) is 0 Å². The van der Waals surface area contributed by atoms with E-state index < -0.39 is 0 Å². The zero-order valence-electron chi connectivity index (χ0n) is 11.0. The number of ether oxygens (including phenoxy) is 1. The maximum atomic E-state index is 11.2. The van der Waals surface area contributed by atoms with E-state index in [2.05, 4.69) is 28.9 Å². The molecule has 0 aromatic carbocycles. The van der Waals surface area contributed by atoms with Crippen LogP contribution in [0, 0.1) is 0 Å². The van der Waals surface area contributed by atoms with Gasteiger partial charge in [0.2, 0.25) is 5.91 Å². The average Bonchev–Trinajstić information content (AvgIpc) is 2.36. The summed E-state index contributed by atoms with van der Waals surface area (Å²) >= 11 is 3.60. The first-order chi connectivity index (χ1) is 8.58.